The van der Waals surface area contributed by atoms with Gasteiger partial charge in [0, 0.05) is 5.69 Å². The molecule has 98 valence electrons. The number of benzene rings is 2. The first-order valence-corrected chi connectivity index (χ1v) is 5.84. The van der Waals surface area contributed by atoms with Crippen molar-refractivity contribution < 1.29 is 14.3 Å². The largest absolute Gasteiger partial charge is 0.478 e. The number of carboxylic acids is 1. The van der Waals surface area contributed by atoms with Gasteiger partial charge in [-0.1, -0.05) is 6.07 Å². The van der Waals surface area contributed by atoms with E-state index >= 15 is 0 Å². The van der Waals surface area contributed by atoms with Crippen molar-refractivity contribution in [3.63, 3.8) is 0 Å². The average molecular weight is 259 g/mol. The van der Waals surface area contributed by atoms with E-state index in [1.807, 2.05) is 32.0 Å². The summed E-state index contributed by atoms with van der Waals surface area (Å²) in [4.78, 5) is 11.1. The van der Waals surface area contributed by atoms with Gasteiger partial charge in [-0.15, -0.1) is 0 Å². The van der Waals surface area contributed by atoms with Crippen molar-refractivity contribution in [2.24, 2.45) is 0 Å². The van der Waals surface area contributed by atoms with Crippen LogP contribution in [0.15, 0.2) is 36.4 Å². The van der Waals surface area contributed by atoms with Crippen LogP contribution in [0.5, 0.6) is 0 Å². The zero-order valence-electron chi connectivity index (χ0n) is 10.7. The average Bonchev–Trinajstić information content (AvgIpc) is 2.36. The number of rotatable bonds is 3. The maximum absolute atomic E-state index is 13.1. The van der Waals surface area contributed by atoms with E-state index in [0.717, 1.165) is 22.9 Å². The van der Waals surface area contributed by atoms with Crippen LogP contribution in [0.4, 0.5) is 15.8 Å². The van der Waals surface area contributed by atoms with E-state index in [0.29, 0.717) is 5.69 Å². The van der Waals surface area contributed by atoms with Gasteiger partial charge in [-0.25, -0.2) is 9.18 Å². The SMILES string of the molecule is Cc1ccc(Nc2ccc(F)cc2C(=O)O)cc1C. The Morgan fingerprint density at radius 3 is 2.47 bits per heavy atom. The van der Waals surface area contributed by atoms with Gasteiger partial charge in [-0.2, -0.15) is 0 Å². The molecule has 4 heteroatoms. The van der Waals surface area contributed by atoms with Crippen LogP contribution < -0.4 is 5.32 Å². The third kappa shape index (κ3) is 2.91. The van der Waals surface area contributed by atoms with Crippen LogP contribution in [0.2, 0.25) is 0 Å². The molecule has 0 saturated heterocycles. The van der Waals surface area contributed by atoms with Gasteiger partial charge in [0.25, 0.3) is 0 Å². The summed E-state index contributed by atoms with van der Waals surface area (Å²) in [6, 6.07) is 9.39. The summed E-state index contributed by atoms with van der Waals surface area (Å²) in [5.74, 6) is -1.73. The molecule has 2 rings (SSSR count). The second-order valence-electron chi connectivity index (χ2n) is 4.42. The number of aromatic carboxylic acids is 1. The molecular weight excluding hydrogens is 245 g/mol. The van der Waals surface area contributed by atoms with E-state index in [4.69, 9.17) is 5.11 Å². The Labute approximate surface area is 110 Å². The summed E-state index contributed by atoms with van der Waals surface area (Å²) in [7, 11) is 0. The van der Waals surface area contributed by atoms with Crippen LogP contribution in [0.1, 0.15) is 21.5 Å². The van der Waals surface area contributed by atoms with E-state index in [1.165, 1.54) is 12.1 Å². The molecule has 0 aliphatic heterocycles. The molecule has 0 saturated carbocycles. The standard InChI is InChI=1S/C15H14FNO2/c1-9-3-5-12(7-10(9)2)17-14-6-4-11(16)8-13(14)15(18)19/h3-8,17H,1-2H3,(H,18,19). The minimum atomic E-state index is -1.16. The zero-order valence-corrected chi connectivity index (χ0v) is 10.7. The van der Waals surface area contributed by atoms with Crippen LogP contribution in [0, 0.1) is 19.7 Å². The van der Waals surface area contributed by atoms with Gasteiger partial charge in [0.1, 0.15) is 5.82 Å². The van der Waals surface area contributed by atoms with Crippen LogP contribution >= 0.6 is 0 Å². The van der Waals surface area contributed by atoms with Crippen molar-refractivity contribution in [2.45, 2.75) is 13.8 Å². The molecule has 0 aliphatic carbocycles. The van der Waals surface area contributed by atoms with E-state index in [9.17, 15) is 9.18 Å². The van der Waals surface area contributed by atoms with Crippen LogP contribution in [0.3, 0.4) is 0 Å². The summed E-state index contributed by atoms with van der Waals surface area (Å²) in [5.41, 5.74) is 3.32. The normalized spacial score (nSPS) is 10.3. The lowest BCUT2D eigenvalue weighted by atomic mass is 10.1. The first-order chi connectivity index (χ1) is 8.97. The predicted molar refractivity (Wildman–Crippen MR) is 72.6 cm³/mol. The molecule has 0 aromatic heterocycles. The topological polar surface area (TPSA) is 49.3 Å². The molecule has 0 aliphatic rings. The summed E-state index contributed by atoms with van der Waals surface area (Å²) in [6.45, 7) is 3.98. The van der Waals surface area contributed by atoms with Gasteiger partial charge in [-0.05, 0) is 55.3 Å². The Bertz CT molecular complexity index is 638. The molecule has 0 spiro atoms. The molecule has 0 atom stereocenters. The molecule has 0 radical (unpaired) electrons. The fourth-order valence-corrected chi connectivity index (χ4v) is 1.78. The van der Waals surface area contributed by atoms with Crippen LogP contribution in [-0.4, -0.2) is 11.1 Å². The van der Waals surface area contributed by atoms with E-state index in [-0.39, 0.29) is 5.56 Å². The Hall–Kier alpha value is -2.36. The van der Waals surface area contributed by atoms with E-state index in [2.05, 4.69) is 5.32 Å². The lowest BCUT2D eigenvalue weighted by Gasteiger charge is -2.11. The van der Waals surface area contributed by atoms with Crippen LogP contribution in [-0.2, 0) is 0 Å². The molecule has 2 N–H and O–H groups in total. The highest BCUT2D eigenvalue weighted by Gasteiger charge is 2.11. The lowest BCUT2D eigenvalue weighted by molar-refractivity contribution is 0.0697. The molecule has 2 aromatic carbocycles. The van der Waals surface area contributed by atoms with Crippen molar-refractivity contribution >= 4 is 17.3 Å². The monoisotopic (exact) mass is 259 g/mol. The number of hydrogen-bond acceptors (Lipinski definition) is 2. The second kappa shape index (κ2) is 5.10. The Morgan fingerprint density at radius 1 is 1.11 bits per heavy atom. The smallest absolute Gasteiger partial charge is 0.337 e. The van der Waals surface area contributed by atoms with Crippen molar-refractivity contribution in [1.82, 2.24) is 0 Å². The van der Waals surface area contributed by atoms with Gasteiger partial charge >= 0.3 is 5.97 Å². The van der Waals surface area contributed by atoms with Gasteiger partial charge in [0.05, 0.1) is 11.3 Å². The molecule has 0 unspecified atom stereocenters. The highest BCUT2D eigenvalue weighted by atomic mass is 19.1. The number of halogens is 1. The molecule has 0 fully saturated rings. The van der Waals surface area contributed by atoms with E-state index < -0.39 is 11.8 Å². The second-order valence-corrected chi connectivity index (χ2v) is 4.42. The first kappa shape index (κ1) is 13.1. The summed E-state index contributed by atoms with van der Waals surface area (Å²) < 4.78 is 13.1. The minimum Gasteiger partial charge on any atom is -0.478 e. The Balaban J connectivity index is 2.37. The fourth-order valence-electron chi connectivity index (χ4n) is 1.78. The quantitative estimate of drug-likeness (QED) is 0.879. The molecule has 0 heterocycles. The summed E-state index contributed by atoms with van der Waals surface area (Å²) >= 11 is 0. The number of anilines is 2. The van der Waals surface area contributed by atoms with Crippen LogP contribution in [0.25, 0.3) is 0 Å². The van der Waals surface area contributed by atoms with Gasteiger partial charge in [0.2, 0.25) is 0 Å². The van der Waals surface area contributed by atoms with Crippen molar-refractivity contribution in [1.29, 1.82) is 0 Å². The molecule has 0 bridgehead atoms. The third-order valence-corrected chi connectivity index (χ3v) is 3.00. The zero-order chi connectivity index (χ0) is 14.0. The molecule has 3 nitrogen and oxygen atoms in total. The fraction of sp³-hybridized carbons (Fsp3) is 0.133. The molecule has 0 amide bonds. The van der Waals surface area contributed by atoms with Gasteiger partial charge in [0.15, 0.2) is 0 Å². The van der Waals surface area contributed by atoms with E-state index in [1.54, 1.807) is 0 Å². The lowest BCUT2D eigenvalue weighted by Crippen LogP contribution is -2.03. The van der Waals surface area contributed by atoms with Crippen molar-refractivity contribution in [2.75, 3.05) is 5.32 Å². The maximum Gasteiger partial charge on any atom is 0.337 e. The summed E-state index contributed by atoms with van der Waals surface area (Å²) in [5, 5.41) is 12.1. The Kier molecular flexibility index (Phi) is 3.51. The molecular formula is C15H14FNO2. The van der Waals surface area contributed by atoms with Crippen molar-refractivity contribution in [3.8, 4) is 0 Å². The minimum absolute atomic E-state index is 0.0850. The van der Waals surface area contributed by atoms with Gasteiger partial charge < -0.3 is 10.4 Å². The Morgan fingerprint density at radius 2 is 1.84 bits per heavy atom. The first-order valence-electron chi connectivity index (χ1n) is 5.84. The maximum atomic E-state index is 13.1. The summed E-state index contributed by atoms with van der Waals surface area (Å²) in [6.07, 6.45) is 0. The predicted octanol–water partition coefficient (Wildman–Crippen LogP) is 3.88. The number of nitrogens with one attached hydrogen (secondary N) is 1. The number of carbonyl (C=O) groups is 1. The highest BCUT2D eigenvalue weighted by Crippen LogP contribution is 2.23. The molecule has 19 heavy (non-hydrogen) atoms. The highest BCUT2D eigenvalue weighted by molar-refractivity contribution is 5.95. The number of hydrogen-bond donors (Lipinski definition) is 2. The third-order valence-electron chi connectivity index (χ3n) is 3.00. The number of aryl methyl sites for hydroxylation is 2. The van der Waals surface area contributed by atoms with Gasteiger partial charge in [-0.3, -0.25) is 0 Å². The number of carboxylic acid groups (broad SMARTS) is 1. The molecule has 2 aromatic rings. The van der Waals surface area contributed by atoms with Crippen molar-refractivity contribution in [3.05, 3.63) is 58.9 Å².